The first-order valence-electron chi connectivity index (χ1n) is 10.7. The van der Waals surface area contributed by atoms with Crippen LogP contribution in [0.5, 0.6) is 17.2 Å². The molecule has 8 nitrogen and oxygen atoms in total. The van der Waals surface area contributed by atoms with Crippen molar-refractivity contribution in [1.29, 1.82) is 0 Å². The van der Waals surface area contributed by atoms with E-state index in [-0.39, 0.29) is 17.6 Å². The lowest BCUT2D eigenvalue weighted by molar-refractivity contribution is 0.0953. The zero-order valence-corrected chi connectivity index (χ0v) is 19.8. The molecular formula is C24H27N3O5S. The molecule has 0 amide bonds. The number of methoxy groups -OCH3 is 3. The van der Waals surface area contributed by atoms with Gasteiger partial charge in [-0.05, 0) is 55.3 Å². The van der Waals surface area contributed by atoms with Gasteiger partial charge < -0.3 is 18.9 Å². The third-order valence-electron chi connectivity index (χ3n) is 5.51. The normalized spacial score (nSPS) is 15.4. The lowest BCUT2D eigenvalue weighted by Gasteiger charge is -2.15. The van der Waals surface area contributed by atoms with Gasteiger partial charge in [0.2, 0.25) is 0 Å². The summed E-state index contributed by atoms with van der Waals surface area (Å²) < 4.78 is 23.7. The summed E-state index contributed by atoms with van der Waals surface area (Å²) in [7, 11) is 4.75. The Hall–Kier alpha value is -3.04. The Kier molecular flexibility index (Phi) is 7.51. The van der Waals surface area contributed by atoms with Crippen LogP contribution in [-0.4, -0.2) is 60.3 Å². The molecule has 0 radical (unpaired) electrons. The number of hydrogen-bond acceptors (Lipinski definition) is 8. The average Bonchev–Trinajstić information content (AvgIpc) is 3.52. The maximum atomic E-state index is 12.9. The van der Waals surface area contributed by atoms with Gasteiger partial charge in [0.25, 0.3) is 0 Å². The van der Waals surface area contributed by atoms with E-state index in [1.807, 2.05) is 28.8 Å². The first-order valence-corrected chi connectivity index (χ1v) is 11.7. The molecule has 1 aromatic heterocycles. The molecule has 1 aliphatic heterocycles. The van der Waals surface area contributed by atoms with E-state index in [2.05, 4.69) is 10.2 Å². The van der Waals surface area contributed by atoms with E-state index in [0.29, 0.717) is 28.8 Å². The third-order valence-corrected chi connectivity index (χ3v) is 6.48. The summed E-state index contributed by atoms with van der Waals surface area (Å²) in [5.74, 6) is 2.83. The molecule has 1 aliphatic rings. The zero-order valence-electron chi connectivity index (χ0n) is 18.9. The predicted molar refractivity (Wildman–Crippen MR) is 126 cm³/mol. The number of Topliss-reactive ketones (excluding diaryl/α,β-unsaturated/α-hetero) is 1. The summed E-state index contributed by atoms with van der Waals surface area (Å²) in [5, 5.41) is 9.51. The molecule has 1 saturated heterocycles. The fourth-order valence-corrected chi connectivity index (χ4v) is 4.57. The van der Waals surface area contributed by atoms with Gasteiger partial charge in [0.15, 0.2) is 28.3 Å². The van der Waals surface area contributed by atoms with Crippen LogP contribution < -0.4 is 14.2 Å². The van der Waals surface area contributed by atoms with Crippen LogP contribution in [0.15, 0.2) is 47.6 Å². The Labute approximate surface area is 197 Å². The SMILES string of the molecule is COc1ccc(-c2nnc(SCC(=O)c3ccc(OC)c(OC)c3)n2CC2CCCO2)cc1. The molecule has 0 bridgehead atoms. The Morgan fingerprint density at radius 2 is 1.85 bits per heavy atom. The zero-order chi connectivity index (χ0) is 23.2. The van der Waals surface area contributed by atoms with Gasteiger partial charge in [0.05, 0.1) is 39.7 Å². The second kappa shape index (κ2) is 10.7. The summed E-state index contributed by atoms with van der Waals surface area (Å²) in [6.07, 6.45) is 2.15. The van der Waals surface area contributed by atoms with Gasteiger partial charge in [-0.1, -0.05) is 11.8 Å². The van der Waals surface area contributed by atoms with Crippen LogP contribution in [0.25, 0.3) is 11.4 Å². The lowest BCUT2D eigenvalue weighted by atomic mass is 10.1. The number of rotatable bonds is 10. The summed E-state index contributed by atoms with van der Waals surface area (Å²) in [6, 6.07) is 12.9. The molecule has 0 saturated carbocycles. The van der Waals surface area contributed by atoms with E-state index in [0.717, 1.165) is 36.6 Å². The van der Waals surface area contributed by atoms with Crippen LogP contribution in [0.4, 0.5) is 0 Å². The molecule has 2 heterocycles. The van der Waals surface area contributed by atoms with Crippen molar-refractivity contribution in [3.63, 3.8) is 0 Å². The highest BCUT2D eigenvalue weighted by atomic mass is 32.2. The van der Waals surface area contributed by atoms with Gasteiger partial charge in [-0.3, -0.25) is 9.36 Å². The van der Waals surface area contributed by atoms with E-state index in [1.165, 1.54) is 11.8 Å². The summed E-state index contributed by atoms with van der Waals surface area (Å²) in [4.78, 5) is 12.9. The molecule has 4 rings (SSSR count). The largest absolute Gasteiger partial charge is 0.497 e. The fraction of sp³-hybridized carbons (Fsp3) is 0.375. The molecule has 1 unspecified atom stereocenters. The second-order valence-corrected chi connectivity index (χ2v) is 8.50. The first kappa shape index (κ1) is 23.1. The van der Waals surface area contributed by atoms with E-state index in [1.54, 1.807) is 39.5 Å². The number of ketones is 1. The van der Waals surface area contributed by atoms with Crippen LogP contribution in [0.1, 0.15) is 23.2 Å². The minimum atomic E-state index is -0.0291. The molecule has 1 atom stereocenters. The standard InChI is InChI=1S/C24H27N3O5S/c1-29-18-9-6-16(7-10-18)23-25-26-24(27(23)14-19-5-4-12-32-19)33-15-20(28)17-8-11-21(30-2)22(13-17)31-3/h6-11,13,19H,4-5,12,14-15H2,1-3H3. The van der Waals surface area contributed by atoms with Crippen molar-refractivity contribution >= 4 is 17.5 Å². The minimum Gasteiger partial charge on any atom is -0.497 e. The van der Waals surface area contributed by atoms with Crippen molar-refractivity contribution in [2.24, 2.45) is 0 Å². The Bertz CT molecular complexity index is 1090. The molecule has 33 heavy (non-hydrogen) atoms. The average molecular weight is 470 g/mol. The molecule has 0 aliphatic carbocycles. The van der Waals surface area contributed by atoms with Crippen molar-refractivity contribution in [2.75, 3.05) is 33.7 Å². The number of hydrogen-bond donors (Lipinski definition) is 0. The van der Waals surface area contributed by atoms with E-state index in [4.69, 9.17) is 18.9 Å². The highest BCUT2D eigenvalue weighted by molar-refractivity contribution is 7.99. The van der Waals surface area contributed by atoms with Crippen LogP contribution >= 0.6 is 11.8 Å². The first-order chi connectivity index (χ1) is 16.1. The molecule has 2 aromatic carbocycles. The molecular weight excluding hydrogens is 442 g/mol. The monoisotopic (exact) mass is 469 g/mol. The summed E-state index contributed by atoms with van der Waals surface area (Å²) in [6.45, 7) is 1.41. The quantitative estimate of drug-likeness (QED) is 0.324. The molecule has 9 heteroatoms. The number of benzene rings is 2. The van der Waals surface area contributed by atoms with Crippen molar-refractivity contribution in [1.82, 2.24) is 14.8 Å². The number of aromatic nitrogens is 3. The van der Waals surface area contributed by atoms with Gasteiger partial charge >= 0.3 is 0 Å². The topological polar surface area (TPSA) is 84.7 Å². The van der Waals surface area contributed by atoms with Crippen LogP contribution in [0.2, 0.25) is 0 Å². The van der Waals surface area contributed by atoms with E-state index >= 15 is 0 Å². The molecule has 0 spiro atoms. The molecule has 174 valence electrons. The highest BCUT2D eigenvalue weighted by Gasteiger charge is 2.22. The summed E-state index contributed by atoms with van der Waals surface area (Å²) in [5.41, 5.74) is 1.49. The number of ether oxygens (including phenoxy) is 4. The van der Waals surface area contributed by atoms with Crippen molar-refractivity contribution < 1.29 is 23.7 Å². The van der Waals surface area contributed by atoms with Crippen molar-refractivity contribution in [3.8, 4) is 28.6 Å². The van der Waals surface area contributed by atoms with Gasteiger partial charge in [0.1, 0.15) is 5.75 Å². The van der Waals surface area contributed by atoms with Crippen LogP contribution in [-0.2, 0) is 11.3 Å². The lowest BCUT2D eigenvalue weighted by Crippen LogP contribution is -2.17. The molecule has 3 aromatic rings. The Morgan fingerprint density at radius 3 is 2.52 bits per heavy atom. The van der Waals surface area contributed by atoms with E-state index in [9.17, 15) is 4.79 Å². The number of carbonyl (C=O) groups excluding carboxylic acids is 1. The minimum absolute atomic E-state index is 0.0291. The highest BCUT2D eigenvalue weighted by Crippen LogP contribution is 2.30. The van der Waals surface area contributed by atoms with Crippen molar-refractivity contribution in [2.45, 2.75) is 30.6 Å². The van der Waals surface area contributed by atoms with Crippen LogP contribution in [0.3, 0.4) is 0 Å². The van der Waals surface area contributed by atoms with Gasteiger partial charge in [0, 0.05) is 17.7 Å². The maximum Gasteiger partial charge on any atom is 0.192 e. The van der Waals surface area contributed by atoms with Gasteiger partial charge in [-0.2, -0.15) is 0 Å². The third kappa shape index (κ3) is 5.31. The van der Waals surface area contributed by atoms with Gasteiger partial charge in [-0.15, -0.1) is 10.2 Å². The second-order valence-electron chi connectivity index (χ2n) is 7.56. The molecule has 1 fully saturated rings. The maximum absolute atomic E-state index is 12.9. The molecule has 0 N–H and O–H groups in total. The number of nitrogens with zero attached hydrogens (tertiary/aromatic N) is 3. The van der Waals surface area contributed by atoms with Crippen molar-refractivity contribution in [3.05, 3.63) is 48.0 Å². The Balaban J connectivity index is 1.55. The fourth-order valence-electron chi connectivity index (χ4n) is 3.73. The number of carbonyl (C=O) groups is 1. The smallest absolute Gasteiger partial charge is 0.192 e. The van der Waals surface area contributed by atoms with E-state index < -0.39 is 0 Å². The Morgan fingerprint density at radius 1 is 1.06 bits per heavy atom. The summed E-state index contributed by atoms with van der Waals surface area (Å²) >= 11 is 1.37. The predicted octanol–water partition coefficient (Wildman–Crippen LogP) is 4.12. The van der Waals surface area contributed by atoms with Crippen LogP contribution in [0, 0.1) is 0 Å². The number of thioether (sulfide) groups is 1. The van der Waals surface area contributed by atoms with Gasteiger partial charge in [-0.25, -0.2) is 0 Å².